The lowest BCUT2D eigenvalue weighted by Gasteiger charge is -2.38. The molecular weight excluding hydrogens is 670 g/mol. The molecule has 280 valence electrons. The van der Waals surface area contributed by atoms with Gasteiger partial charge in [0.05, 0.1) is 19.1 Å². The van der Waals surface area contributed by atoms with E-state index in [9.17, 15) is 49.5 Å². The number of aliphatic hydroxyl groups excluding tert-OH is 4. The monoisotopic (exact) mass is 717 g/mol. The molecule has 17 nitrogen and oxygen atoms in total. The fourth-order valence-electron chi connectivity index (χ4n) is 5.11. The van der Waals surface area contributed by atoms with Crippen molar-refractivity contribution in [1.82, 2.24) is 21.3 Å². The van der Waals surface area contributed by atoms with Crippen molar-refractivity contribution in [1.29, 1.82) is 0 Å². The van der Waals surface area contributed by atoms with Crippen LogP contribution in [0.15, 0.2) is 54.6 Å². The van der Waals surface area contributed by atoms with E-state index in [-0.39, 0.29) is 30.9 Å². The summed E-state index contributed by atoms with van der Waals surface area (Å²) in [6.45, 7) is 1.97. The number of carbonyl (C=O) groups is 5. The van der Waals surface area contributed by atoms with Gasteiger partial charge in [0.15, 0.2) is 6.29 Å². The molecule has 1 aliphatic heterocycles. The molecule has 11 N–H and O–H groups in total. The molecular formula is C34H47N5O12. The summed E-state index contributed by atoms with van der Waals surface area (Å²) in [6, 6.07) is 11.5. The van der Waals surface area contributed by atoms with E-state index in [1.54, 1.807) is 56.3 Å². The van der Waals surface area contributed by atoms with Gasteiger partial charge in [-0.1, -0.05) is 56.3 Å². The van der Waals surface area contributed by atoms with Crippen LogP contribution in [0.1, 0.15) is 31.4 Å². The second kappa shape index (κ2) is 19.7. The summed E-state index contributed by atoms with van der Waals surface area (Å²) in [4.78, 5) is 64.3. The maximum Gasteiger partial charge on any atom is 0.328 e. The second-order valence-corrected chi connectivity index (χ2v) is 12.6. The number of nitrogens with one attached hydrogen (secondary N) is 4. The van der Waals surface area contributed by atoms with Gasteiger partial charge in [-0.05, 0) is 42.0 Å². The number of benzene rings is 2. The quantitative estimate of drug-likeness (QED) is 0.0736. The van der Waals surface area contributed by atoms with Crippen LogP contribution in [0.25, 0.3) is 0 Å². The van der Waals surface area contributed by atoms with Gasteiger partial charge in [-0.2, -0.15) is 0 Å². The third-order valence-corrected chi connectivity index (χ3v) is 7.92. The zero-order valence-electron chi connectivity index (χ0n) is 28.3. The Kier molecular flexibility index (Phi) is 15.7. The number of amides is 4. The molecule has 17 heteroatoms. The van der Waals surface area contributed by atoms with E-state index in [2.05, 4.69) is 21.3 Å². The van der Waals surface area contributed by atoms with Crippen molar-refractivity contribution in [3.8, 4) is 5.75 Å². The lowest BCUT2D eigenvalue weighted by atomic mass is 9.99. The average Bonchev–Trinajstić information content (AvgIpc) is 3.10. The van der Waals surface area contributed by atoms with Gasteiger partial charge in [0, 0.05) is 6.42 Å². The van der Waals surface area contributed by atoms with Crippen LogP contribution in [-0.2, 0) is 46.3 Å². The predicted molar refractivity (Wildman–Crippen MR) is 179 cm³/mol. The van der Waals surface area contributed by atoms with Gasteiger partial charge in [-0.25, -0.2) is 4.79 Å². The first-order valence-electron chi connectivity index (χ1n) is 16.4. The van der Waals surface area contributed by atoms with E-state index in [4.69, 9.17) is 15.2 Å². The number of nitrogens with two attached hydrogens (primary N) is 1. The number of phenolic OH excluding ortho intramolecular Hbond substituents is 1. The normalized spacial score (nSPS) is 21.8. The lowest BCUT2D eigenvalue weighted by molar-refractivity contribution is -0.287. The summed E-state index contributed by atoms with van der Waals surface area (Å²) in [5.41, 5.74) is 7.30. The number of phenols is 1. The van der Waals surface area contributed by atoms with Crippen LogP contribution < -0.4 is 27.0 Å². The highest BCUT2D eigenvalue weighted by atomic mass is 16.6. The van der Waals surface area contributed by atoms with E-state index in [0.717, 1.165) is 0 Å². The van der Waals surface area contributed by atoms with Gasteiger partial charge in [0.2, 0.25) is 23.6 Å². The number of rotatable bonds is 17. The summed E-state index contributed by atoms with van der Waals surface area (Å²) in [6.07, 6.45) is -8.09. The van der Waals surface area contributed by atoms with Gasteiger partial charge in [0.1, 0.15) is 48.9 Å². The van der Waals surface area contributed by atoms with Crippen molar-refractivity contribution in [2.24, 2.45) is 11.7 Å². The van der Waals surface area contributed by atoms with Gasteiger partial charge in [-0.3, -0.25) is 19.2 Å². The Morgan fingerprint density at radius 1 is 0.765 bits per heavy atom. The first-order chi connectivity index (χ1) is 24.1. The number of hydrogen-bond donors (Lipinski definition) is 10. The van der Waals surface area contributed by atoms with E-state index < -0.39 is 98.1 Å². The maximum absolute atomic E-state index is 13.5. The molecule has 0 aliphatic carbocycles. The Hall–Kier alpha value is -4.65. The largest absolute Gasteiger partial charge is 0.508 e. The minimum atomic E-state index is -1.83. The molecule has 8 atom stereocenters. The van der Waals surface area contributed by atoms with Crippen LogP contribution in [-0.4, -0.2) is 124 Å². The Morgan fingerprint density at radius 3 is 2.04 bits per heavy atom. The van der Waals surface area contributed by atoms with Crippen molar-refractivity contribution in [2.75, 3.05) is 19.7 Å². The summed E-state index contributed by atoms with van der Waals surface area (Å²) in [5.74, 6) is -3.73. The van der Waals surface area contributed by atoms with Crippen LogP contribution in [0.4, 0.5) is 0 Å². The highest BCUT2D eigenvalue weighted by Crippen LogP contribution is 2.20. The number of hydrogen-bond acceptors (Lipinski definition) is 13. The van der Waals surface area contributed by atoms with Crippen LogP contribution >= 0.6 is 0 Å². The average molecular weight is 718 g/mol. The fraction of sp³-hybridized carbons (Fsp3) is 0.500. The van der Waals surface area contributed by atoms with E-state index >= 15 is 0 Å². The molecule has 0 spiro atoms. The standard InChI is InChI=1S/C34H47N5O12/c1-18(2)12-24(33(48)50-17-25-28(43)29(44)30(45)34(49)51-25)39-32(47)23(14-19-6-4-3-5-7-19)38-27(42)16-36-26(41)15-37-31(46)22(35)13-20-8-10-21(40)11-9-20/h3-11,18,22-25,28-30,34,40,43-45,49H,12-17,35H2,1-2H3,(H,36,41)(H,37,46)(H,38,42)(H,39,47)/t22?,23?,24?,25-,28-,29+,30-,34?/m1/s1. The SMILES string of the molecule is CC(C)CC(NC(=O)C(Cc1ccccc1)NC(=O)CNC(=O)CNC(=O)C(N)Cc1ccc(O)cc1)C(=O)OC[C@H]1OC(O)[C@H](O)[C@@H](O)[C@@H]1O. The van der Waals surface area contributed by atoms with E-state index in [1.807, 2.05) is 0 Å². The van der Waals surface area contributed by atoms with Crippen molar-refractivity contribution < 1.29 is 59.0 Å². The molecule has 2 aromatic carbocycles. The molecule has 2 aromatic rings. The van der Waals surface area contributed by atoms with E-state index in [1.165, 1.54) is 12.1 Å². The predicted octanol–water partition coefficient (Wildman–Crippen LogP) is -2.90. The molecule has 4 unspecified atom stereocenters. The Bertz CT molecular complexity index is 1460. The molecule has 0 bridgehead atoms. The summed E-state index contributed by atoms with van der Waals surface area (Å²) < 4.78 is 10.3. The molecule has 0 radical (unpaired) electrons. The van der Waals surface area contributed by atoms with E-state index in [0.29, 0.717) is 11.1 Å². The number of carbonyl (C=O) groups excluding carboxylic acids is 5. The zero-order valence-corrected chi connectivity index (χ0v) is 28.3. The van der Waals surface area contributed by atoms with Crippen LogP contribution in [0.5, 0.6) is 5.75 Å². The third kappa shape index (κ3) is 13.2. The van der Waals surface area contributed by atoms with Crippen LogP contribution in [0.3, 0.4) is 0 Å². The van der Waals surface area contributed by atoms with Crippen molar-refractivity contribution >= 4 is 29.6 Å². The number of aromatic hydroxyl groups is 1. The first-order valence-corrected chi connectivity index (χ1v) is 16.4. The molecule has 0 aromatic heterocycles. The summed E-state index contributed by atoms with van der Waals surface area (Å²) >= 11 is 0. The van der Waals surface area contributed by atoms with Gasteiger partial charge < -0.3 is 62.0 Å². The Morgan fingerprint density at radius 2 is 1.39 bits per heavy atom. The fourth-order valence-corrected chi connectivity index (χ4v) is 5.11. The third-order valence-electron chi connectivity index (χ3n) is 7.92. The summed E-state index contributed by atoms with van der Waals surface area (Å²) in [7, 11) is 0. The number of ether oxygens (including phenoxy) is 2. The van der Waals surface area contributed by atoms with Gasteiger partial charge in [0.25, 0.3) is 0 Å². The first kappa shape index (κ1) is 40.8. The highest BCUT2D eigenvalue weighted by molar-refractivity contribution is 5.93. The number of esters is 1. The highest BCUT2D eigenvalue weighted by Gasteiger charge is 2.43. The molecule has 0 saturated carbocycles. The topological polar surface area (TPSA) is 279 Å². The molecule has 1 saturated heterocycles. The minimum Gasteiger partial charge on any atom is -0.508 e. The Labute approximate surface area is 294 Å². The summed E-state index contributed by atoms with van der Waals surface area (Å²) in [5, 5.41) is 58.8. The number of aliphatic hydroxyl groups is 4. The second-order valence-electron chi connectivity index (χ2n) is 12.6. The minimum absolute atomic E-state index is 0.0188. The van der Waals surface area contributed by atoms with Gasteiger partial charge >= 0.3 is 5.97 Å². The Balaban J connectivity index is 1.57. The molecule has 51 heavy (non-hydrogen) atoms. The van der Waals surface area contributed by atoms with Crippen molar-refractivity contribution in [3.63, 3.8) is 0 Å². The molecule has 1 aliphatic rings. The van der Waals surface area contributed by atoms with Gasteiger partial charge in [-0.15, -0.1) is 0 Å². The van der Waals surface area contributed by atoms with Crippen molar-refractivity contribution in [3.05, 3.63) is 65.7 Å². The molecule has 1 heterocycles. The smallest absolute Gasteiger partial charge is 0.328 e. The molecule has 3 rings (SSSR count). The van der Waals surface area contributed by atoms with Crippen molar-refractivity contribution in [2.45, 2.75) is 81.9 Å². The maximum atomic E-state index is 13.5. The van der Waals surface area contributed by atoms with Crippen LogP contribution in [0.2, 0.25) is 0 Å². The lowest BCUT2D eigenvalue weighted by Crippen LogP contribution is -2.59. The zero-order chi connectivity index (χ0) is 37.7. The van der Waals surface area contributed by atoms with Crippen LogP contribution in [0, 0.1) is 5.92 Å². The molecule has 1 fully saturated rings. The molecule has 4 amide bonds.